The van der Waals surface area contributed by atoms with E-state index in [1.54, 1.807) is 0 Å². The summed E-state index contributed by atoms with van der Waals surface area (Å²) in [5, 5.41) is 6.34. The van der Waals surface area contributed by atoms with Crippen LogP contribution in [0.25, 0.3) is 0 Å². The highest BCUT2D eigenvalue weighted by Gasteiger charge is 2.26. The van der Waals surface area contributed by atoms with Gasteiger partial charge in [-0.2, -0.15) is 0 Å². The molecular weight excluding hydrogens is 224 g/mol. The van der Waals surface area contributed by atoms with Crippen molar-refractivity contribution in [2.75, 3.05) is 13.1 Å². The Hall–Kier alpha value is -1.35. The zero-order valence-electron chi connectivity index (χ0n) is 11.0. The number of amides is 1. The van der Waals surface area contributed by atoms with Crippen molar-refractivity contribution >= 4 is 5.91 Å². The van der Waals surface area contributed by atoms with Gasteiger partial charge in [0.1, 0.15) is 0 Å². The van der Waals surface area contributed by atoms with Crippen molar-refractivity contribution in [3.63, 3.8) is 0 Å². The number of benzene rings is 1. The molecule has 1 aromatic rings. The zero-order valence-corrected chi connectivity index (χ0v) is 11.0. The van der Waals surface area contributed by atoms with Crippen LogP contribution in [0.3, 0.4) is 0 Å². The lowest BCUT2D eigenvalue weighted by Gasteiger charge is -2.28. The predicted octanol–water partition coefficient (Wildman–Crippen LogP) is 1.73. The Balaban J connectivity index is 1.74. The molecule has 2 N–H and O–H groups in total. The Kier molecular flexibility index (Phi) is 4.76. The molecule has 0 radical (unpaired) electrons. The first kappa shape index (κ1) is 13.1. The highest BCUT2D eigenvalue weighted by molar-refractivity contribution is 5.82. The molecule has 0 aliphatic carbocycles. The molecule has 18 heavy (non-hydrogen) atoms. The van der Waals surface area contributed by atoms with E-state index < -0.39 is 0 Å². The van der Waals surface area contributed by atoms with Crippen LogP contribution >= 0.6 is 0 Å². The van der Waals surface area contributed by atoms with Crippen LogP contribution in [0.15, 0.2) is 30.3 Å². The molecule has 0 aromatic heterocycles. The topological polar surface area (TPSA) is 41.1 Å². The Bertz CT molecular complexity index is 377. The molecule has 1 aliphatic heterocycles. The first-order valence-electron chi connectivity index (χ1n) is 6.82. The van der Waals surface area contributed by atoms with Crippen LogP contribution < -0.4 is 10.6 Å². The summed E-state index contributed by atoms with van der Waals surface area (Å²) in [6.07, 6.45) is 3.21. The summed E-state index contributed by atoms with van der Waals surface area (Å²) >= 11 is 0. The maximum atomic E-state index is 12.0. The Morgan fingerprint density at radius 1 is 1.39 bits per heavy atom. The number of rotatable bonds is 4. The van der Waals surface area contributed by atoms with E-state index in [1.165, 1.54) is 12.0 Å². The van der Waals surface area contributed by atoms with Crippen molar-refractivity contribution in [1.82, 2.24) is 10.6 Å². The first-order chi connectivity index (χ1) is 8.77. The molecule has 1 fully saturated rings. The third kappa shape index (κ3) is 3.57. The second kappa shape index (κ2) is 6.55. The number of carbonyl (C=O) groups excluding carboxylic acids is 1. The largest absolute Gasteiger partial charge is 0.354 e. The Morgan fingerprint density at radius 3 is 2.89 bits per heavy atom. The maximum Gasteiger partial charge on any atom is 0.237 e. The van der Waals surface area contributed by atoms with Gasteiger partial charge in [0.2, 0.25) is 5.91 Å². The van der Waals surface area contributed by atoms with E-state index in [2.05, 4.69) is 29.7 Å². The minimum atomic E-state index is -0.00507. The number of carbonyl (C=O) groups is 1. The summed E-state index contributed by atoms with van der Waals surface area (Å²) in [4.78, 5) is 12.0. The highest BCUT2D eigenvalue weighted by atomic mass is 16.2. The van der Waals surface area contributed by atoms with E-state index in [9.17, 15) is 4.79 Å². The molecule has 98 valence electrons. The molecule has 0 saturated carbocycles. The first-order valence-corrected chi connectivity index (χ1v) is 6.82. The van der Waals surface area contributed by atoms with Crippen molar-refractivity contribution in [3.05, 3.63) is 35.9 Å². The molecular formula is C15H22N2O. The molecule has 2 atom stereocenters. The number of hydrogen-bond donors (Lipinski definition) is 2. The molecule has 2 rings (SSSR count). The molecule has 0 bridgehead atoms. The molecule has 2 unspecified atom stereocenters. The van der Waals surface area contributed by atoms with Gasteiger partial charge >= 0.3 is 0 Å². The normalized spacial score (nSPS) is 23.6. The smallest absolute Gasteiger partial charge is 0.237 e. The number of nitrogens with one attached hydrogen (secondary N) is 2. The van der Waals surface area contributed by atoms with Crippen LogP contribution in [0.4, 0.5) is 0 Å². The quantitative estimate of drug-likeness (QED) is 0.849. The number of piperidine rings is 1. The Morgan fingerprint density at radius 2 is 2.17 bits per heavy atom. The van der Waals surface area contributed by atoms with Gasteiger partial charge in [-0.05, 0) is 37.3 Å². The van der Waals surface area contributed by atoms with Gasteiger partial charge in [-0.15, -0.1) is 0 Å². The van der Waals surface area contributed by atoms with Crippen molar-refractivity contribution in [2.24, 2.45) is 5.92 Å². The third-order valence-electron chi connectivity index (χ3n) is 3.61. The Labute approximate surface area is 109 Å². The van der Waals surface area contributed by atoms with Crippen LogP contribution in [-0.4, -0.2) is 25.0 Å². The minimum absolute atomic E-state index is 0.00507. The van der Waals surface area contributed by atoms with E-state index in [1.807, 2.05) is 18.2 Å². The van der Waals surface area contributed by atoms with Crippen LogP contribution in [0, 0.1) is 5.92 Å². The van der Waals surface area contributed by atoms with Crippen LogP contribution in [0.2, 0.25) is 0 Å². The molecule has 1 amide bonds. The average molecular weight is 246 g/mol. The van der Waals surface area contributed by atoms with Gasteiger partial charge in [0, 0.05) is 6.54 Å². The standard InChI is InChI=1S/C15H22N2O/c1-12-6-5-10-16-14(12)15(18)17-11-9-13-7-3-2-4-8-13/h2-4,7-8,12,14,16H,5-6,9-11H2,1H3,(H,17,18). The number of hydrogen-bond acceptors (Lipinski definition) is 2. The minimum Gasteiger partial charge on any atom is -0.354 e. The van der Waals surface area contributed by atoms with E-state index in [4.69, 9.17) is 0 Å². The van der Waals surface area contributed by atoms with Gasteiger partial charge in [0.25, 0.3) is 0 Å². The summed E-state index contributed by atoms with van der Waals surface area (Å²) in [5.41, 5.74) is 1.27. The molecule has 3 heteroatoms. The van der Waals surface area contributed by atoms with Crippen LogP contribution in [0.5, 0.6) is 0 Å². The third-order valence-corrected chi connectivity index (χ3v) is 3.61. The maximum absolute atomic E-state index is 12.0. The second-order valence-electron chi connectivity index (χ2n) is 5.08. The molecule has 1 aromatic carbocycles. The van der Waals surface area contributed by atoms with Gasteiger partial charge in [0.15, 0.2) is 0 Å². The van der Waals surface area contributed by atoms with E-state index >= 15 is 0 Å². The van der Waals surface area contributed by atoms with Crippen molar-refractivity contribution in [1.29, 1.82) is 0 Å². The van der Waals surface area contributed by atoms with E-state index in [-0.39, 0.29) is 11.9 Å². The summed E-state index contributed by atoms with van der Waals surface area (Å²) in [7, 11) is 0. The molecule has 1 heterocycles. The highest BCUT2D eigenvalue weighted by Crippen LogP contribution is 2.15. The average Bonchev–Trinajstić information content (AvgIpc) is 2.40. The van der Waals surface area contributed by atoms with Gasteiger partial charge in [-0.3, -0.25) is 4.79 Å². The summed E-state index contributed by atoms with van der Waals surface area (Å²) in [6.45, 7) is 3.82. The van der Waals surface area contributed by atoms with Gasteiger partial charge in [0.05, 0.1) is 6.04 Å². The van der Waals surface area contributed by atoms with Gasteiger partial charge in [-0.1, -0.05) is 37.3 Å². The van der Waals surface area contributed by atoms with E-state index in [0.717, 1.165) is 19.4 Å². The predicted molar refractivity (Wildman–Crippen MR) is 73.3 cm³/mol. The summed E-state index contributed by atoms with van der Waals surface area (Å²) < 4.78 is 0. The van der Waals surface area contributed by atoms with Crippen molar-refractivity contribution in [2.45, 2.75) is 32.2 Å². The molecule has 3 nitrogen and oxygen atoms in total. The lowest BCUT2D eigenvalue weighted by Crippen LogP contribution is -2.51. The fraction of sp³-hybridized carbons (Fsp3) is 0.533. The second-order valence-corrected chi connectivity index (χ2v) is 5.08. The van der Waals surface area contributed by atoms with Crippen LogP contribution in [-0.2, 0) is 11.2 Å². The molecule has 0 spiro atoms. The summed E-state index contributed by atoms with van der Waals surface area (Å²) in [5.74, 6) is 0.591. The SMILES string of the molecule is CC1CCCNC1C(=O)NCCc1ccccc1. The van der Waals surface area contributed by atoms with Crippen molar-refractivity contribution in [3.8, 4) is 0 Å². The summed E-state index contributed by atoms with van der Waals surface area (Å²) in [6, 6.07) is 10.2. The van der Waals surface area contributed by atoms with Crippen molar-refractivity contribution < 1.29 is 4.79 Å². The fourth-order valence-electron chi connectivity index (χ4n) is 2.49. The lowest BCUT2D eigenvalue weighted by atomic mass is 9.92. The molecule has 1 aliphatic rings. The fourth-order valence-corrected chi connectivity index (χ4v) is 2.49. The van der Waals surface area contributed by atoms with Gasteiger partial charge in [-0.25, -0.2) is 0 Å². The van der Waals surface area contributed by atoms with Crippen LogP contribution in [0.1, 0.15) is 25.3 Å². The van der Waals surface area contributed by atoms with E-state index in [0.29, 0.717) is 12.5 Å². The molecule has 1 saturated heterocycles. The lowest BCUT2D eigenvalue weighted by molar-refractivity contribution is -0.124. The monoisotopic (exact) mass is 246 g/mol. The zero-order chi connectivity index (χ0) is 12.8. The van der Waals surface area contributed by atoms with Gasteiger partial charge < -0.3 is 10.6 Å².